The van der Waals surface area contributed by atoms with Gasteiger partial charge in [-0.15, -0.1) is 13.2 Å². The molecule has 1 N–H and O–H groups in total. The Morgan fingerprint density at radius 1 is 0.761 bits per heavy atom. The molecule has 6 nitrogen and oxygen atoms in total. The van der Waals surface area contributed by atoms with Gasteiger partial charge in [0.2, 0.25) is 0 Å². The van der Waals surface area contributed by atoms with Crippen LogP contribution >= 0.6 is 0 Å². The second kappa shape index (κ2) is 11.4. The number of benzene rings is 2. The molecule has 0 bridgehead atoms. The van der Waals surface area contributed by atoms with Gasteiger partial charge in [0, 0.05) is 12.0 Å². The van der Waals surface area contributed by atoms with E-state index < -0.39 is 47.8 Å². The average molecular weight is 635 g/mol. The van der Waals surface area contributed by atoms with Gasteiger partial charge < -0.3 is 4.74 Å². The highest BCUT2D eigenvalue weighted by Crippen LogP contribution is 2.36. The smallest absolute Gasteiger partial charge is 0.403 e. The number of alkyl halides is 6. The van der Waals surface area contributed by atoms with Crippen molar-refractivity contribution in [1.29, 1.82) is 21.0 Å². The normalized spacial score (nSPS) is 17.9. The lowest BCUT2D eigenvalue weighted by molar-refractivity contribution is -0.304. The molecule has 0 atom stereocenters. The van der Waals surface area contributed by atoms with Crippen LogP contribution in [-0.2, 0) is 4.74 Å². The summed E-state index contributed by atoms with van der Waals surface area (Å²) in [4.78, 5) is 0. The number of hydrogen-bond donors (Lipinski definition) is 1. The van der Waals surface area contributed by atoms with E-state index in [1.807, 2.05) is 12.1 Å². The summed E-state index contributed by atoms with van der Waals surface area (Å²) in [6, 6.07) is 12.9. The number of hydrogen-bond acceptors (Lipinski definition) is 6. The van der Waals surface area contributed by atoms with Gasteiger partial charge in [-0.1, -0.05) is 12.2 Å². The van der Waals surface area contributed by atoms with Crippen LogP contribution in [0.4, 0.5) is 35.1 Å². The average Bonchev–Trinajstić information content (AvgIpc) is 3.29. The van der Waals surface area contributed by atoms with Crippen LogP contribution in [0, 0.1) is 55.8 Å². The first kappa shape index (κ1) is 31.3. The number of rotatable bonds is 2. The van der Waals surface area contributed by atoms with Crippen LogP contribution in [0.3, 0.4) is 0 Å². The third kappa shape index (κ3) is 5.85. The van der Waals surface area contributed by atoms with Crippen molar-refractivity contribution in [3.63, 3.8) is 0 Å². The molecule has 0 saturated heterocycles. The van der Waals surface area contributed by atoms with Crippen molar-refractivity contribution in [3.05, 3.63) is 120 Å². The van der Waals surface area contributed by atoms with Gasteiger partial charge in [0.25, 0.3) is 0 Å². The maximum Gasteiger partial charge on any atom is 0.573 e. The standard InChI is InChI=1S/C32H13F8N5O/c33-26-7-15(1-3-28(26)45-31(35,36)37)20-9-24-22(5-17(20)11-41)23-6-18(12-42)21(10-25(23)30(24)19(13-43)14-44)16-2-4-29(27(34)8-16)46-32(38,39)40/h2-7,9-10,45H,1,8H2. The SMILES string of the molecule is N#CC(C#N)=C1c2cc(=C3C=C(F)C(NC(F)(F)F)=CC3)c(C#N)cc2=c2cc(C#N)c(=C3C=CC(OC(F)(F)F)=C(F)C3)cc21. The van der Waals surface area contributed by atoms with Gasteiger partial charge in [-0.05, 0) is 86.0 Å². The van der Waals surface area contributed by atoms with Crippen molar-refractivity contribution >= 4 is 16.7 Å². The molecule has 5 rings (SSSR count). The maximum atomic E-state index is 14.7. The zero-order valence-corrected chi connectivity index (χ0v) is 22.8. The van der Waals surface area contributed by atoms with Crippen molar-refractivity contribution in [2.45, 2.75) is 25.5 Å². The van der Waals surface area contributed by atoms with Crippen LogP contribution < -0.4 is 15.8 Å². The molecule has 46 heavy (non-hydrogen) atoms. The summed E-state index contributed by atoms with van der Waals surface area (Å²) >= 11 is 0. The molecule has 0 heterocycles. The number of allylic oxidation sites excluding steroid dienone is 7. The number of nitrogens with zero attached hydrogens (tertiary/aromatic N) is 4. The highest BCUT2D eigenvalue weighted by atomic mass is 19.4. The molecule has 0 fully saturated rings. The van der Waals surface area contributed by atoms with Crippen molar-refractivity contribution in [2.75, 3.05) is 0 Å². The molecule has 0 aliphatic heterocycles. The summed E-state index contributed by atoms with van der Waals surface area (Å²) < 4.78 is 109. The summed E-state index contributed by atoms with van der Waals surface area (Å²) in [6.45, 7) is 0. The zero-order chi connectivity index (χ0) is 33.6. The van der Waals surface area contributed by atoms with Crippen LogP contribution in [0.2, 0.25) is 0 Å². The van der Waals surface area contributed by atoms with Gasteiger partial charge in [0.1, 0.15) is 29.4 Å². The van der Waals surface area contributed by atoms with Crippen molar-refractivity contribution < 1.29 is 39.9 Å². The molecular formula is C32H13F8N5O. The van der Waals surface area contributed by atoms with Crippen LogP contribution in [0.5, 0.6) is 0 Å². The zero-order valence-electron chi connectivity index (χ0n) is 22.8. The number of nitrogens with one attached hydrogen (secondary N) is 1. The van der Waals surface area contributed by atoms with Crippen LogP contribution in [-0.4, -0.2) is 12.7 Å². The molecule has 14 heteroatoms. The topological polar surface area (TPSA) is 116 Å². The fourth-order valence-corrected chi connectivity index (χ4v) is 5.36. The number of nitriles is 4. The molecule has 228 valence electrons. The van der Waals surface area contributed by atoms with E-state index in [0.29, 0.717) is 10.4 Å². The molecule has 2 aromatic carbocycles. The molecule has 0 aromatic heterocycles. The minimum Gasteiger partial charge on any atom is -0.403 e. The lowest BCUT2D eigenvalue weighted by Gasteiger charge is -2.16. The lowest BCUT2D eigenvalue weighted by Crippen LogP contribution is -2.31. The Morgan fingerprint density at radius 2 is 1.33 bits per heavy atom. The van der Waals surface area contributed by atoms with E-state index in [-0.39, 0.29) is 55.8 Å². The molecule has 2 aromatic rings. The Morgan fingerprint density at radius 3 is 1.78 bits per heavy atom. The Hall–Kier alpha value is -6.12. The number of halogens is 8. The van der Waals surface area contributed by atoms with E-state index in [9.17, 15) is 56.2 Å². The fraction of sp³-hybridized carbons (Fsp3) is 0.125. The number of fused-ring (bicyclic) bond motifs is 2. The van der Waals surface area contributed by atoms with Gasteiger partial charge in [-0.2, -0.15) is 34.2 Å². The Bertz CT molecular complexity index is 2280. The van der Waals surface area contributed by atoms with Gasteiger partial charge in [0.05, 0.1) is 29.0 Å². The molecule has 0 spiro atoms. The first-order valence-electron chi connectivity index (χ1n) is 12.9. The van der Waals surface area contributed by atoms with Crippen molar-refractivity contribution in [1.82, 2.24) is 5.32 Å². The van der Waals surface area contributed by atoms with E-state index in [1.165, 1.54) is 24.3 Å². The van der Waals surface area contributed by atoms with Gasteiger partial charge in [-0.25, -0.2) is 8.78 Å². The van der Waals surface area contributed by atoms with Gasteiger partial charge >= 0.3 is 12.7 Å². The monoisotopic (exact) mass is 635 g/mol. The van der Waals surface area contributed by atoms with E-state index in [0.717, 1.165) is 29.6 Å². The third-order valence-corrected chi connectivity index (χ3v) is 7.19. The molecule has 3 aliphatic rings. The van der Waals surface area contributed by atoms with Crippen molar-refractivity contribution in [3.8, 4) is 24.3 Å². The second-order valence-corrected chi connectivity index (χ2v) is 9.90. The van der Waals surface area contributed by atoms with Crippen LogP contribution in [0.25, 0.3) is 16.7 Å². The largest absolute Gasteiger partial charge is 0.573 e. The summed E-state index contributed by atoms with van der Waals surface area (Å²) in [5.74, 6) is -3.56. The highest BCUT2D eigenvalue weighted by molar-refractivity contribution is 5.91. The Labute approximate surface area is 253 Å². The van der Waals surface area contributed by atoms with Crippen molar-refractivity contribution in [2.24, 2.45) is 0 Å². The summed E-state index contributed by atoms with van der Waals surface area (Å²) in [5.41, 5.74) is -0.624. The molecule has 0 saturated carbocycles. The molecule has 3 aliphatic carbocycles. The van der Waals surface area contributed by atoms with Gasteiger partial charge in [0.15, 0.2) is 5.76 Å². The Balaban J connectivity index is 1.78. The first-order chi connectivity index (χ1) is 21.7. The summed E-state index contributed by atoms with van der Waals surface area (Å²) in [6.07, 6.45) is -7.28. The van der Waals surface area contributed by atoms with E-state index in [4.69, 9.17) is 0 Å². The van der Waals surface area contributed by atoms with E-state index in [1.54, 1.807) is 12.1 Å². The molecule has 0 amide bonds. The number of ether oxygens (including phenoxy) is 1. The Kier molecular flexibility index (Phi) is 7.78. The van der Waals surface area contributed by atoms with Crippen LogP contribution in [0.1, 0.15) is 35.1 Å². The third-order valence-electron chi connectivity index (χ3n) is 7.19. The lowest BCUT2D eigenvalue weighted by atomic mass is 9.92. The van der Waals surface area contributed by atoms with E-state index >= 15 is 0 Å². The first-order valence-corrected chi connectivity index (χ1v) is 12.9. The summed E-state index contributed by atoms with van der Waals surface area (Å²) in [7, 11) is 0. The summed E-state index contributed by atoms with van der Waals surface area (Å²) in [5, 5.41) is 41.4. The van der Waals surface area contributed by atoms with E-state index in [2.05, 4.69) is 4.74 Å². The molecule has 0 unspecified atom stereocenters. The minimum atomic E-state index is -5.15. The maximum absolute atomic E-state index is 14.7. The predicted molar refractivity (Wildman–Crippen MR) is 143 cm³/mol. The van der Waals surface area contributed by atoms with Gasteiger partial charge in [-0.3, -0.25) is 5.32 Å². The fourth-order valence-electron chi connectivity index (χ4n) is 5.36. The quantitative estimate of drug-likeness (QED) is 0.207. The predicted octanol–water partition coefficient (Wildman–Crippen LogP) is 6.11. The molecule has 0 radical (unpaired) electrons. The van der Waals surface area contributed by atoms with Crippen LogP contribution in [0.15, 0.2) is 77.3 Å². The minimum absolute atomic E-state index is 0.0299. The highest BCUT2D eigenvalue weighted by Gasteiger charge is 2.34. The molecular weight excluding hydrogens is 622 g/mol. The second-order valence-electron chi connectivity index (χ2n) is 9.90.